The Balaban J connectivity index is 1.77. The Morgan fingerprint density at radius 1 is 1.27 bits per heavy atom. The van der Waals surface area contributed by atoms with Crippen molar-refractivity contribution < 1.29 is 22.7 Å². The van der Waals surface area contributed by atoms with Gasteiger partial charge in [-0.25, -0.2) is 22.6 Å². The highest BCUT2D eigenvalue weighted by Gasteiger charge is 2.28. The van der Waals surface area contributed by atoms with Crippen LogP contribution in [-0.2, 0) is 16.4 Å². The second kappa shape index (κ2) is 6.92. The van der Waals surface area contributed by atoms with Gasteiger partial charge in [0.15, 0.2) is 5.82 Å². The Hall–Kier alpha value is -3.28. The summed E-state index contributed by atoms with van der Waals surface area (Å²) in [6.07, 6.45) is 1.14. The first-order valence-corrected chi connectivity index (χ1v) is 8.81. The molecule has 0 aliphatic heterocycles. The molecule has 0 fully saturated rings. The maximum absolute atomic E-state index is 12.6. The van der Waals surface area contributed by atoms with Crippen LogP contribution in [0.1, 0.15) is 5.82 Å². The zero-order valence-corrected chi connectivity index (χ0v) is 14.3. The normalized spacial score (nSPS) is 11.4. The van der Waals surface area contributed by atoms with Crippen LogP contribution in [0.3, 0.4) is 0 Å². The molecule has 2 aromatic heterocycles. The lowest BCUT2D eigenvalue weighted by atomic mass is 10.4. The summed E-state index contributed by atoms with van der Waals surface area (Å²) >= 11 is 0. The number of sulfone groups is 1. The molecule has 0 aliphatic carbocycles. The van der Waals surface area contributed by atoms with Crippen LogP contribution < -0.4 is 4.74 Å². The van der Waals surface area contributed by atoms with Crippen molar-refractivity contribution in [2.24, 2.45) is 0 Å². The van der Waals surface area contributed by atoms with E-state index in [1.54, 1.807) is 25.1 Å². The summed E-state index contributed by atoms with van der Waals surface area (Å²) in [5.41, 5.74) is 0. The topological polar surface area (TPSA) is 143 Å². The molecule has 136 valence electrons. The Kier molecular flexibility index (Phi) is 4.67. The molecule has 0 saturated heterocycles. The number of hydrogen-bond donors (Lipinski definition) is 0. The monoisotopic (exact) mass is 379 g/mol. The number of nitrogens with zero attached hydrogens (tertiary/aromatic N) is 5. The zero-order chi connectivity index (χ0) is 18.7. The lowest BCUT2D eigenvalue weighted by Gasteiger charge is -2.05. The van der Waals surface area contributed by atoms with Gasteiger partial charge in [-0.05, 0) is 27.4 Å². The summed E-state index contributed by atoms with van der Waals surface area (Å²) in [5, 5.41) is 17.4. The summed E-state index contributed by atoms with van der Waals surface area (Å²) in [7, 11) is -3.96. The van der Waals surface area contributed by atoms with Crippen molar-refractivity contribution in [2.45, 2.75) is 23.4 Å². The van der Waals surface area contributed by atoms with Crippen LogP contribution in [0.2, 0.25) is 0 Å². The quantitative estimate of drug-likeness (QED) is 0.439. The largest absolute Gasteiger partial charge is 0.469 e. The van der Waals surface area contributed by atoms with Gasteiger partial charge in [-0.1, -0.05) is 18.2 Å². The van der Waals surface area contributed by atoms with Gasteiger partial charge in [-0.2, -0.15) is 0 Å². The summed E-state index contributed by atoms with van der Waals surface area (Å²) in [6.45, 7) is 1.58. The van der Waals surface area contributed by atoms with Crippen LogP contribution in [0.4, 0.5) is 5.82 Å². The SMILES string of the molecule is Cc1ncc([N+](=O)[O-])n1CCOc1nonc1S(=O)(=O)c1ccccc1. The fourth-order valence-corrected chi connectivity index (χ4v) is 3.44. The fourth-order valence-electron chi connectivity index (χ4n) is 2.25. The molecule has 0 unspecified atom stereocenters. The van der Waals surface area contributed by atoms with Gasteiger partial charge in [0.25, 0.3) is 10.9 Å². The molecule has 0 bridgehead atoms. The smallest absolute Gasteiger partial charge is 0.342 e. The first kappa shape index (κ1) is 17.5. The molecule has 1 aromatic carbocycles. The van der Waals surface area contributed by atoms with Crippen molar-refractivity contribution >= 4 is 15.7 Å². The van der Waals surface area contributed by atoms with Crippen molar-refractivity contribution in [1.29, 1.82) is 0 Å². The highest BCUT2D eigenvalue weighted by molar-refractivity contribution is 7.91. The van der Waals surface area contributed by atoms with Gasteiger partial charge in [-0.15, -0.1) is 0 Å². The lowest BCUT2D eigenvalue weighted by molar-refractivity contribution is -0.392. The molecule has 26 heavy (non-hydrogen) atoms. The van der Waals surface area contributed by atoms with E-state index in [0.717, 1.165) is 6.20 Å². The maximum Gasteiger partial charge on any atom is 0.342 e. The van der Waals surface area contributed by atoms with E-state index < -0.39 is 19.8 Å². The van der Waals surface area contributed by atoms with E-state index in [4.69, 9.17) is 4.74 Å². The zero-order valence-electron chi connectivity index (χ0n) is 13.5. The van der Waals surface area contributed by atoms with Crippen LogP contribution in [0.25, 0.3) is 0 Å². The fraction of sp³-hybridized carbons (Fsp3) is 0.214. The molecule has 0 radical (unpaired) electrons. The van der Waals surface area contributed by atoms with Crippen molar-refractivity contribution in [1.82, 2.24) is 19.9 Å². The molecule has 0 atom stereocenters. The summed E-state index contributed by atoms with van der Waals surface area (Å²) < 4.78 is 36.3. The first-order valence-electron chi connectivity index (χ1n) is 7.33. The third-order valence-electron chi connectivity index (χ3n) is 3.51. The van der Waals surface area contributed by atoms with E-state index in [1.807, 2.05) is 0 Å². The summed E-state index contributed by atoms with van der Waals surface area (Å²) in [6, 6.07) is 7.64. The Morgan fingerprint density at radius 3 is 2.69 bits per heavy atom. The predicted molar refractivity (Wildman–Crippen MR) is 85.3 cm³/mol. The van der Waals surface area contributed by atoms with E-state index >= 15 is 0 Å². The number of nitro groups is 1. The highest BCUT2D eigenvalue weighted by atomic mass is 32.2. The minimum absolute atomic E-state index is 0.0154. The number of aromatic nitrogens is 4. The average molecular weight is 379 g/mol. The third-order valence-corrected chi connectivity index (χ3v) is 5.16. The molecule has 2 heterocycles. The molecule has 0 aliphatic rings. The Labute approximate surface area is 147 Å². The molecular formula is C14H13N5O6S. The summed E-state index contributed by atoms with van der Waals surface area (Å²) in [4.78, 5) is 14.3. The average Bonchev–Trinajstić information content (AvgIpc) is 3.23. The van der Waals surface area contributed by atoms with Crippen LogP contribution >= 0.6 is 0 Å². The third kappa shape index (κ3) is 3.26. The van der Waals surface area contributed by atoms with Crippen molar-refractivity contribution in [3.05, 3.63) is 52.5 Å². The van der Waals surface area contributed by atoms with Crippen LogP contribution in [0.15, 0.2) is 51.1 Å². The van der Waals surface area contributed by atoms with E-state index in [1.165, 1.54) is 16.7 Å². The van der Waals surface area contributed by atoms with Crippen molar-refractivity contribution in [3.63, 3.8) is 0 Å². The molecule has 0 N–H and O–H groups in total. The van der Waals surface area contributed by atoms with Crippen molar-refractivity contribution in [3.8, 4) is 5.88 Å². The first-order chi connectivity index (χ1) is 12.4. The molecule has 0 amide bonds. The van der Waals surface area contributed by atoms with Gasteiger partial charge in [0.2, 0.25) is 9.84 Å². The van der Waals surface area contributed by atoms with Gasteiger partial charge in [0, 0.05) is 6.92 Å². The number of aryl methyl sites for hydroxylation is 1. The van der Waals surface area contributed by atoms with Crippen LogP contribution in [-0.4, -0.2) is 39.8 Å². The minimum Gasteiger partial charge on any atom is -0.469 e. The van der Waals surface area contributed by atoms with Crippen LogP contribution in [0.5, 0.6) is 5.88 Å². The summed E-state index contributed by atoms with van der Waals surface area (Å²) in [5.74, 6) is -0.0773. The molecule has 0 spiro atoms. The van der Waals surface area contributed by atoms with E-state index in [0.29, 0.717) is 5.82 Å². The molecule has 0 saturated carbocycles. The van der Waals surface area contributed by atoms with E-state index in [2.05, 4.69) is 19.9 Å². The van der Waals surface area contributed by atoms with Crippen LogP contribution in [0, 0.1) is 17.0 Å². The maximum atomic E-state index is 12.6. The molecule has 3 rings (SSSR count). The molecular weight excluding hydrogens is 366 g/mol. The molecule has 11 nitrogen and oxygen atoms in total. The predicted octanol–water partition coefficient (Wildman–Crippen LogP) is 1.39. The highest BCUT2D eigenvalue weighted by Crippen LogP contribution is 2.26. The van der Waals surface area contributed by atoms with Gasteiger partial charge in [0.05, 0.1) is 4.90 Å². The van der Waals surface area contributed by atoms with E-state index in [9.17, 15) is 18.5 Å². The number of imidazole rings is 1. The number of hydrogen-bond acceptors (Lipinski definition) is 9. The molecule has 3 aromatic rings. The van der Waals surface area contributed by atoms with Gasteiger partial charge < -0.3 is 14.9 Å². The van der Waals surface area contributed by atoms with Crippen molar-refractivity contribution in [2.75, 3.05) is 6.61 Å². The Morgan fingerprint density at radius 2 is 2.00 bits per heavy atom. The number of ether oxygens (including phenoxy) is 1. The standard InChI is InChI=1S/C14H13N5O6S/c1-10-15-9-12(19(20)21)18(10)7-8-24-13-14(17-25-16-13)26(22,23)11-5-3-2-4-6-11/h2-6,9H,7-8H2,1H3. The van der Waals surface area contributed by atoms with Gasteiger partial charge >= 0.3 is 5.82 Å². The van der Waals surface area contributed by atoms with E-state index in [-0.39, 0.29) is 29.7 Å². The second-order valence-electron chi connectivity index (χ2n) is 5.11. The Bertz CT molecular complexity index is 1030. The lowest BCUT2D eigenvalue weighted by Crippen LogP contribution is -2.13. The molecule has 12 heteroatoms. The minimum atomic E-state index is -3.96. The number of benzene rings is 1. The van der Waals surface area contributed by atoms with Gasteiger partial charge in [-0.3, -0.25) is 0 Å². The second-order valence-corrected chi connectivity index (χ2v) is 6.98. The van der Waals surface area contributed by atoms with Gasteiger partial charge in [0.1, 0.15) is 19.3 Å². The number of rotatable bonds is 7.